The molecule has 3 rings (SSSR count). The summed E-state index contributed by atoms with van der Waals surface area (Å²) in [5.41, 5.74) is 0.947. The summed E-state index contributed by atoms with van der Waals surface area (Å²) >= 11 is 0. The van der Waals surface area contributed by atoms with Gasteiger partial charge in [0, 0.05) is 12.6 Å². The number of amides is 1. The highest BCUT2D eigenvalue weighted by molar-refractivity contribution is 5.85. The normalized spacial score (nSPS) is 23.3. The smallest absolute Gasteiger partial charge is 0.231 e. The van der Waals surface area contributed by atoms with E-state index in [0.717, 1.165) is 36.6 Å². The SMILES string of the molecule is CC1CCNCC1NC(=O)Cc1ccc2c(c1)OCO2.Cl. The molecule has 2 aliphatic rings. The molecule has 1 aromatic rings. The van der Waals surface area contributed by atoms with Gasteiger partial charge < -0.3 is 20.1 Å². The molecule has 6 heteroatoms. The first-order valence-corrected chi connectivity index (χ1v) is 7.11. The summed E-state index contributed by atoms with van der Waals surface area (Å²) in [5.74, 6) is 2.06. The van der Waals surface area contributed by atoms with Crippen molar-refractivity contribution in [1.82, 2.24) is 10.6 Å². The van der Waals surface area contributed by atoms with E-state index in [1.807, 2.05) is 18.2 Å². The van der Waals surface area contributed by atoms with E-state index < -0.39 is 0 Å². The molecule has 1 amide bonds. The van der Waals surface area contributed by atoms with E-state index in [1.165, 1.54) is 0 Å². The Hall–Kier alpha value is -1.46. The molecular formula is C15H21ClN2O3. The largest absolute Gasteiger partial charge is 0.454 e. The number of nitrogens with one attached hydrogen (secondary N) is 2. The van der Waals surface area contributed by atoms with Crippen molar-refractivity contribution in [3.05, 3.63) is 23.8 Å². The first-order chi connectivity index (χ1) is 9.72. The molecule has 21 heavy (non-hydrogen) atoms. The number of halogens is 1. The third kappa shape index (κ3) is 3.80. The first kappa shape index (κ1) is 15.9. The Balaban J connectivity index is 0.00000161. The lowest BCUT2D eigenvalue weighted by Crippen LogP contribution is -2.50. The molecule has 1 saturated heterocycles. The Labute approximate surface area is 130 Å². The summed E-state index contributed by atoms with van der Waals surface area (Å²) < 4.78 is 10.6. The molecule has 0 bridgehead atoms. The van der Waals surface area contributed by atoms with Gasteiger partial charge in [-0.2, -0.15) is 0 Å². The Kier molecular flexibility index (Phi) is 5.31. The van der Waals surface area contributed by atoms with E-state index in [4.69, 9.17) is 9.47 Å². The molecule has 0 aliphatic carbocycles. The van der Waals surface area contributed by atoms with Gasteiger partial charge in [-0.25, -0.2) is 0 Å². The van der Waals surface area contributed by atoms with Crippen LogP contribution in [0.3, 0.4) is 0 Å². The monoisotopic (exact) mass is 312 g/mol. The zero-order valence-corrected chi connectivity index (χ0v) is 12.9. The average Bonchev–Trinajstić information content (AvgIpc) is 2.89. The van der Waals surface area contributed by atoms with Gasteiger partial charge in [0.15, 0.2) is 11.5 Å². The zero-order valence-electron chi connectivity index (χ0n) is 12.1. The molecule has 2 heterocycles. The van der Waals surface area contributed by atoms with E-state index in [-0.39, 0.29) is 31.1 Å². The third-order valence-corrected chi connectivity index (χ3v) is 3.98. The molecule has 2 unspecified atom stereocenters. The molecule has 0 saturated carbocycles. The molecule has 1 fully saturated rings. The maximum absolute atomic E-state index is 12.1. The van der Waals surface area contributed by atoms with Crippen molar-refractivity contribution in [3.8, 4) is 11.5 Å². The Morgan fingerprint density at radius 1 is 1.38 bits per heavy atom. The minimum absolute atomic E-state index is 0. The Morgan fingerprint density at radius 3 is 3.00 bits per heavy atom. The number of carbonyl (C=O) groups excluding carboxylic acids is 1. The van der Waals surface area contributed by atoms with E-state index in [0.29, 0.717) is 12.3 Å². The highest BCUT2D eigenvalue weighted by atomic mass is 35.5. The molecule has 2 aliphatic heterocycles. The maximum Gasteiger partial charge on any atom is 0.231 e. The van der Waals surface area contributed by atoms with Crippen molar-refractivity contribution in [2.45, 2.75) is 25.8 Å². The molecule has 5 nitrogen and oxygen atoms in total. The second kappa shape index (κ2) is 7.00. The van der Waals surface area contributed by atoms with E-state index >= 15 is 0 Å². The fourth-order valence-corrected chi connectivity index (χ4v) is 2.68. The van der Waals surface area contributed by atoms with Gasteiger partial charge in [-0.1, -0.05) is 13.0 Å². The highest BCUT2D eigenvalue weighted by Gasteiger charge is 2.22. The topological polar surface area (TPSA) is 59.6 Å². The maximum atomic E-state index is 12.1. The number of fused-ring (bicyclic) bond motifs is 1. The van der Waals surface area contributed by atoms with E-state index in [2.05, 4.69) is 17.6 Å². The van der Waals surface area contributed by atoms with Gasteiger partial charge in [-0.3, -0.25) is 4.79 Å². The lowest BCUT2D eigenvalue weighted by atomic mass is 9.94. The fraction of sp³-hybridized carbons (Fsp3) is 0.533. The highest BCUT2D eigenvalue weighted by Crippen LogP contribution is 2.32. The lowest BCUT2D eigenvalue weighted by Gasteiger charge is -2.30. The van der Waals surface area contributed by atoms with Crippen molar-refractivity contribution >= 4 is 18.3 Å². The predicted octanol–water partition coefficient (Wildman–Crippen LogP) is 1.49. The van der Waals surface area contributed by atoms with Gasteiger partial charge in [0.2, 0.25) is 12.7 Å². The predicted molar refractivity (Wildman–Crippen MR) is 82.1 cm³/mol. The van der Waals surface area contributed by atoms with Crippen molar-refractivity contribution in [2.24, 2.45) is 5.92 Å². The van der Waals surface area contributed by atoms with E-state index in [1.54, 1.807) is 0 Å². The van der Waals surface area contributed by atoms with Gasteiger partial charge in [0.05, 0.1) is 6.42 Å². The number of ether oxygens (including phenoxy) is 2. The number of benzene rings is 1. The second-order valence-electron chi connectivity index (χ2n) is 5.51. The number of rotatable bonds is 3. The van der Waals surface area contributed by atoms with Crippen LogP contribution in [0.15, 0.2) is 18.2 Å². The van der Waals surface area contributed by atoms with Gasteiger partial charge in [-0.05, 0) is 36.6 Å². The van der Waals surface area contributed by atoms with Gasteiger partial charge in [0.25, 0.3) is 0 Å². The minimum Gasteiger partial charge on any atom is -0.454 e. The summed E-state index contributed by atoms with van der Waals surface area (Å²) in [6.07, 6.45) is 1.48. The van der Waals surface area contributed by atoms with Gasteiger partial charge in [-0.15, -0.1) is 12.4 Å². The van der Waals surface area contributed by atoms with Gasteiger partial charge in [0.1, 0.15) is 0 Å². The Bertz CT molecular complexity index is 510. The second-order valence-corrected chi connectivity index (χ2v) is 5.51. The summed E-state index contributed by atoms with van der Waals surface area (Å²) in [6, 6.07) is 5.88. The van der Waals surface area contributed by atoms with Crippen molar-refractivity contribution in [2.75, 3.05) is 19.9 Å². The van der Waals surface area contributed by atoms with Crippen LogP contribution >= 0.6 is 12.4 Å². The van der Waals surface area contributed by atoms with Crippen molar-refractivity contribution in [3.63, 3.8) is 0 Å². The van der Waals surface area contributed by atoms with Crippen LogP contribution in [0, 0.1) is 5.92 Å². The Morgan fingerprint density at radius 2 is 2.19 bits per heavy atom. The average molecular weight is 313 g/mol. The first-order valence-electron chi connectivity index (χ1n) is 7.11. The third-order valence-electron chi connectivity index (χ3n) is 3.98. The molecule has 116 valence electrons. The van der Waals surface area contributed by atoms with Crippen LogP contribution in [0.5, 0.6) is 11.5 Å². The van der Waals surface area contributed by atoms with Crippen LogP contribution < -0.4 is 20.1 Å². The standard InChI is InChI=1S/C15H20N2O3.ClH/c1-10-4-5-16-8-12(10)17-15(18)7-11-2-3-13-14(6-11)20-9-19-13;/h2-3,6,10,12,16H,4-5,7-9H2,1H3,(H,17,18);1H. The summed E-state index contributed by atoms with van der Waals surface area (Å²) in [4.78, 5) is 12.1. The summed E-state index contributed by atoms with van der Waals surface area (Å²) in [5, 5.41) is 6.43. The lowest BCUT2D eigenvalue weighted by molar-refractivity contribution is -0.121. The zero-order chi connectivity index (χ0) is 13.9. The van der Waals surface area contributed by atoms with Crippen LogP contribution in [0.25, 0.3) is 0 Å². The van der Waals surface area contributed by atoms with Crippen molar-refractivity contribution < 1.29 is 14.3 Å². The van der Waals surface area contributed by atoms with E-state index in [9.17, 15) is 4.79 Å². The van der Waals surface area contributed by atoms with Crippen LogP contribution in [-0.2, 0) is 11.2 Å². The molecular weight excluding hydrogens is 292 g/mol. The number of piperidine rings is 1. The molecule has 0 radical (unpaired) electrons. The number of carbonyl (C=O) groups is 1. The van der Waals surface area contributed by atoms with Crippen LogP contribution in [-0.4, -0.2) is 31.8 Å². The summed E-state index contributed by atoms with van der Waals surface area (Å²) in [6.45, 7) is 4.34. The molecule has 0 spiro atoms. The summed E-state index contributed by atoms with van der Waals surface area (Å²) in [7, 11) is 0. The van der Waals surface area contributed by atoms with Crippen molar-refractivity contribution in [1.29, 1.82) is 0 Å². The molecule has 1 aromatic carbocycles. The molecule has 0 aromatic heterocycles. The van der Waals surface area contributed by atoms with Crippen LogP contribution in [0.2, 0.25) is 0 Å². The number of hydrogen-bond acceptors (Lipinski definition) is 4. The molecule has 2 atom stereocenters. The fourth-order valence-electron chi connectivity index (χ4n) is 2.68. The quantitative estimate of drug-likeness (QED) is 0.888. The molecule has 2 N–H and O–H groups in total. The minimum atomic E-state index is 0. The van der Waals surface area contributed by atoms with Crippen LogP contribution in [0.4, 0.5) is 0 Å². The van der Waals surface area contributed by atoms with Gasteiger partial charge >= 0.3 is 0 Å². The number of hydrogen-bond donors (Lipinski definition) is 2. The van der Waals surface area contributed by atoms with Crippen LogP contribution in [0.1, 0.15) is 18.9 Å².